The van der Waals surface area contributed by atoms with Crippen molar-refractivity contribution < 1.29 is 14.4 Å². The topological polar surface area (TPSA) is 73.0 Å². The zero-order chi connectivity index (χ0) is 25.3. The van der Waals surface area contributed by atoms with Crippen molar-refractivity contribution in [3.63, 3.8) is 0 Å². The summed E-state index contributed by atoms with van der Waals surface area (Å²) in [6.45, 7) is 6.10. The van der Waals surface area contributed by atoms with E-state index in [0.717, 1.165) is 37.1 Å². The molecule has 2 heterocycles. The third-order valence-corrected chi connectivity index (χ3v) is 7.40. The van der Waals surface area contributed by atoms with E-state index in [1.54, 1.807) is 0 Å². The van der Waals surface area contributed by atoms with Gasteiger partial charge < -0.3 is 15.1 Å². The van der Waals surface area contributed by atoms with Crippen LogP contribution in [-0.2, 0) is 9.59 Å². The molecule has 0 bridgehead atoms. The minimum absolute atomic E-state index is 0.0396. The van der Waals surface area contributed by atoms with Crippen LogP contribution in [0, 0.1) is 5.92 Å². The number of para-hydroxylation sites is 1. The van der Waals surface area contributed by atoms with E-state index in [4.69, 9.17) is 0 Å². The summed E-state index contributed by atoms with van der Waals surface area (Å²) in [4.78, 5) is 44.7. The largest absolute Gasteiger partial charge is 0.342 e. The predicted octanol–water partition coefficient (Wildman–Crippen LogP) is 3.88. The van der Waals surface area contributed by atoms with Crippen LogP contribution in [0.4, 0.5) is 5.69 Å². The van der Waals surface area contributed by atoms with Gasteiger partial charge in [-0.3, -0.25) is 19.3 Å². The van der Waals surface area contributed by atoms with Gasteiger partial charge in [0.15, 0.2) is 0 Å². The highest BCUT2D eigenvalue weighted by atomic mass is 16.2. The minimum atomic E-state index is -0.0625. The van der Waals surface area contributed by atoms with Gasteiger partial charge in [0.2, 0.25) is 11.8 Å². The van der Waals surface area contributed by atoms with Crippen LogP contribution in [0.1, 0.15) is 49.4 Å². The molecule has 2 aromatic carbocycles. The van der Waals surface area contributed by atoms with Gasteiger partial charge in [-0.25, -0.2) is 0 Å². The van der Waals surface area contributed by atoms with Gasteiger partial charge in [-0.05, 0) is 62.9 Å². The highest BCUT2D eigenvalue weighted by Crippen LogP contribution is 2.22. The summed E-state index contributed by atoms with van der Waals surface area (Å²) in [5, 5.41) is 2.99. The predicted molar refractivity (Wildman–Crippen MR) is 142 cm³/mol. The number of hydrogen-bond acceptors (Lipinski definition) is 4. The van der Waals surface area contributed by atoms with E-state index in [9.17, 15) is 14.4 Å². The zero-order valence-corrected chi connectivity index (χ0v) is 21.3. The lowest BCUT2D eigenvalue weighted by Gasteiger charge is -2.39. The Bertz CT molecular complexity index is 998. The van der Waals surface area contributed by atoms with Gasteiger partial charge in [0.05, 0.1) is 6.54 Å². The van der Waals surface area contributed by atoms with Gasteiger partial charge in [0, 0.05) is 49.4 Å². The average molecular weight is 491 g/mol. The second kappa shape index (κ2) is 12.7. The van der Waals surface area contributed by atoms with Crippen LogP contribution in [0.3, 0.4) is 0 Å². The molecule has 2 aliphatic rings. The number of carbonyl (C=O) groups is 3. The number of nitrogens with one attached hydrogen (secondary N) is 1. The minimum Gasteiger partial charge on any atom is -0.342 e. The lowest BCUT2D eigenvalue weighted by Crippen LogP contribution is -2.51. The van der Waals surface area contributed by atoms with Crippen LogP contribution >= 0.6 is 0 Å². The van der Waals surface area contributed by atoms with E-state index in [1.807, 2.05) is 70.5 Å². The Kier molecular flexibility index (Phi) is 9.11. The monoisotopic (exact) mass is 490 g/mol. The quantitative estimate of drug-likeness (QED) is 0.610. The third-order valence-electron chi connectivity index (χ3n) is 7.40. The van der Waals surface area contributed by atoms with Crippen molar-refractivity contribution in [3.8, 4) is 0 Å². The SMILES string of the molecule is CCCN(CC(=O)N1CCC(C(=O)Nc2ccccc2)CC1)C1CCN(C(=O)c2ccccc2)CC1. The van der Waals surface area contributed by atoms with Gasteiger partial charge in [-0.1, -0.05) is 43.3 Å². The molecule has 3 amide bonds. The molecule has 4 rings (SSSR count). The van der Waals surface area contributed by atoms with E-state index < -0.39 is 0 Å². The number of anilines is 1. The number of benzene rings is 2. The average Bonchev–Trinajstić information content (AvgIpc) is 2.93. The van der Waals surface area contributed by atoms with E-state index in [0.29, 0.717) is 51.6 Å². The number of carbonyl (C=O) groups excluding carboxylic acids is 3. The Labute approximate surface area is 214 Å². The standard InChI is InChI=1S/C29H38N4O3/c1-2-17-33(26-15-20-32(21-16-26)29(36)24-9-5-3-6-10-24)22-27(34)31-18-13-23(14-19-31)28(35)30-25-11-7-4-8-12-25/h3-12,23,26H,2,13-22H2,1H3,(H,30,35). The van der Waals surface area contributed by atoms with E-state index in [2.05, 4.69) is 17.1 Å². The molecule has 2 aliphatic heterocycles. The van der Waals surface area contributed by atoms with Crippen molar-refractivity contribution in [1.29, 1.82) is 0 Å². The maximum atomic E-state index is 13.2. The van der Waals surface area contributed by atoms with Crippen molar-refractivity contribution in [2.75, 3.05) is 44.6 Å². The molecule has 0 radical (unpaired) electrons. The smallest absolute Gasteiger partial charge is 0.253 e. The molecule has 2 aromatic rings. The molecule has 7 nitrogen and oxygen atoms in total. The third kappa shape index (κ3) is 6.72. The normalized spacial score (nSPS) is 17.3. The fraction of sp³-hybridized carbons (Fsp3) is 0.483. The number of nitrogens with zero attached hydrogens (tertiary/aromatic N) is 3. The molecule has 0 unspecified atom stereocenters. The molecule has 0 aliphatic carbocycles. The van der Waals surface area contributed by atoms with Crippen LogP contribution in [-0.4, -0.2) is 77.7 Å². The van der Waals surface area contributed by atoms with Crippen LogP contribution in [0.2, 0.25) is 0 Å². The molecule has 0 saturated carbocycles. The van der Waals surface area contributed by atoms with Gasteiger partial charge in [-0.15, -0.1) is 0 Å². The number of amides is 3. The van der Waals surface area contributed by atoms with E-state index >= 15 is 0 Å². The summed E-state index contributed by atoms with van der Waals surface area (Å²) >= 11 is 0. The second-order valence-corrected chi connectivity index (χ2v) is 9.87. The molecule has 0 atom stereocenters. The Hall–Kier alpha value is -3.19. The van der Waals surface area contributed by atoms with E-state index in [1.165, 1.54) is 0 Å². The first kappa shape index (κ1) is 25.9. The molecule has 7 heteroatoms. The molecular weight excluding hydrogens is 452 g/mol. The maximum Gasteiger partial charge on any atom is 0.253 e. The highest BCUT2D eigenvalue weighted by Gasteiger charge is 2.31. The summed E-state index contributed by atoms with van der Waals surface area (Å²) in [6.07, 6.45) is 4.13. The molecule has 2 saturated heterocycles. The Morgan fingerprint density at radius 1 is 0.833 bits per heavy atom. The second-order valence-electron chi connectivity index (χ2n) is 9.87. The summed E-state index contributed by atoms with van der Waals surface area (Å²) in [7, 11) is 0. The van der Waals surface area contributed by atoms with Gasteiger partial charge in [0.25, 0.3) is 5.91 Å². The summed E-state index contributed by atoms with van der Waals surface area (Å²) in [6, 6.07) is 19.3. The fourth-order valence-corrected chi connectivity index (χ4v) is 5.31. The van der Waals surface area contributed by atoms with Crippen molar-refractivity contribution in [3.05, 3.63) is 66.2 Å². The van der Waals surface area contributed by atoms with Gasteiger partial charge >= 0.3 is 0 Å². The first-order valence-electron chi connectivity index (χ1n) is 13.3. The summed E-state index contributed by atoms with van der Waals surface area (Å²) in [5.41, 5.74) is 1.55. The first-order chi connectivity index (χ1) is 17.5. The van der Waals surface area contributed by atoms with Gasteiger partial charge in [-0.2, -0.15) is 0 Å². The number of rotatable bonds is 8. The lowest BCUT2D eigenvalue weighted by atomic mass is 9.95. The number of piperidine rings is 2. The van der Waals surface area contributed by atoms with Crippen LogP contribution in [0.15, 0.2) is 60.7 Å². The summed E-state index contributed by atoms with van der Waals surface area (Å²) in [5.74, 6) is 0.213. The molecule has 2 fully saturated rings. The molecule has 36 heavy (non-hydrogen) atoms. The Morgan fingerprint density at radius 2 is 1.42 bits per heavy atom. The Balaban J connectivity index is 1.24. The fourth-order valence-electron chi connectivity index (χ4n) is 5.31. The van der Waals surface area contributed by atoms with Gasteiger partial charge in [0.1, 0.15) is 0 Å². The maximum absolute atomic E-state index is 13.2. The van der Waals surface area contributed by atoms with Crippen molar-refractivity contribution in [2.24, 2.45) is 5.92 Å². The van der Waals surface area contributed by atoms with Crippen LogP contribution in [0.5, 0.6) is 0 Å². The van der Waals surface area contributed by atoms with Crippen molar-refractivity contribution in [1.82, 2.24) is 14.7 Å². The van der Waals surface area contributed by atoms with Crippen LogP contribution < -0.4 is 5.32 Å². The van der Waals surface area contributed by atoms with Crippen molar-refractivity contribution >= 4 is 23.4 Å². The molecular formula is C29H38N4O3. The van der Waals surface area contributed by atoms with Crippen LogP contribution in [0.25, 0.3) is 0 Å². The lowest BCUT2D eigenvalue weighted by molar-refractivity contribution is -0.136. The van der Waals surface area contributed by atoms with Crippen molar-refractivity contribution in [2.45, 2.75) is 45.1 Å². The molecule has 1 N–H and O–H groups in total. The number of hydrogen-bond donors (Lipinski definition) is 1. The highest BCUT2D eigenvalue weighted by molar-refractivity contribution is 5.94. The Morgan fingerprint density at radius 3 is 2.03 bits per heavy atom. The molecule has 0 spiro atoms. The number of likely N-dealkylation sites (tertiary alicyclic amines) is 2. The molecule has 192 valence electrons. The first-order valence-corrected chi connectivity index (χ1v) is 13.3. The summed E-state index contributed by atoms with van der Waals surface area (Å²) < 4.78 is 0. The molecule has 0 aromatic heterocycles. The zero-order valence-electron chi connectivity index (χ0n) is 21.3. The van der Waals surface area contributed by atoms with E-state index in [-0.39, 0.29) is 23.6 Å².